The van der Waals surface area contributed by atoms with Crippen LogP contribution in [0.2, 0.25) is 0 Å². The average molecular weight is 467 g/mol. The number of aryl methyl sites for hydroxylation is 4. The number of amides is 1. The van der Waals surface area contributed by atoms with Crippen LogP contribution in [0.1, 0.15) is 33.6 Å². The van der Waals surface area contributed by atoms with E-state index in [1.54, 1.807) is 30.5 Å². The Morgan fingerprint density at radius 1 is 0.970 bits per heavy atom. The fourth-order valence-electron chi connectivity index (χ4n) is 3.85. The molecule has 1 N–H and O–H groups in total. The summed E-state index contributed by atoms with van der Waals surface area (Å²) in [4.78, 5) is 12.4. The summed E-state index contributed by atoms with van der Waals surface area (Å²) in [7, 11) is -3.63. The van der Waals surface area contributed by atoms with Gasteiger partial charge in [-0.1, -0.05) is 23.8 Å². The number of hydrogen-bond acceptors (Lipinski definition) is 4. The summed E-state index contributed by atoms with van der Waals surface area (Å²) in [5, 5.41) is 4.07. The first-order valence-corrected chi connectivity index (χ1v) is 12.4. The lowest BCUT2D eigenvalue weighted by atomic mass is 10.1. The van der Waals surface area contributed by atoms with Crippen LogP contribution in [0.25, 0.3) is 5.69 Å². The highest BCUT2D eigenvalue weighted by molar-refractivity contribution is 7.92. The second-order valence-corrected chi connectivity index (χ2v) is 10.3. The number of carbonyl (C=O) groups is 1. The predicted octanol–water partition coefficient (Wildman–Crippen LogP) is 3.94. The van der Waals surface area contributed by atoms with E-state index in [-0.39, 0.29) is 6.54 Å². The zero-order valence-electron chi connectivity index (χ0n) is 19.9. The second-order valence-electron chi connectivity index (χ2n) is 8.41. The molecular weight excluding hydrogens is 436 g/mol. The van der Waals surface area contributed by atoms with Crippen LogP contribution >= 0.6 is 0 Å². The minimum Gasteiger partial charge on any atom is -0.318 e. The molecule has 3 aromatic rings. The highest BCUT2D eigenvalue weighted by Crippen LogP contribution is 2.22. The molecule has 7 nitrogen and oxygen atoms in total. The Morgan fingerprint density at radius 3 is 2.15 bits per heavy atom. The highest BCUT2D eigenvalue weighted by atomic mass is 32.2. The minimum absolute atomic E-state index is 0.360. The van der Waals surface area contributed by atoms with Crippen LogP contribution in [0.4, 0.5) is 5.69 Å². The molecule has 0 spiro atoms. The van der Waals surface area contributed by atoms with Gasteiger partial charge in [0.1, 0.15) is 6.54 Å². The van der Waals surface area contributed by atoms with E-state index in [1.807, 2.05) is 26.8 Å². The third-order valence-electron chi connectivity index (χ3n) is 5.34. The monoisotopic (exact) mass is 466 g/mol. The van der Waals surface area contributed by atoms with Gasteiger partial charge >= 0.3 is 0 Å². The quantitative estimate of drug-likeness (QED) is 0.423. The van der Waals surface area contributed by atoms with E-state index >= 15 is 0 Å². The lowest BCUT2D eigenvalue weighted by Gasteiger charge is -2.21. The number of sulfonamides is 1. The average Bonchev–Trinajstić information content (AvgIpc) is 2.98. The SMILES string of the molecule is Cc1ccc(N(CC(=O)N/N=C\c2cc(C)n(-c3cc(C)cc(C)c3)c2C)S(C)(=O)=O)cc1. The molecule has 0 unspecified atom stereocenters. The van der Waals surface area contributed by atoms with Gasteiger partial charge in [0.15, 0.2) is 0 Å². The first kappa shape index (κ1) is 24.3. The van der Waals surface area contributed by atoms with Gasteiger partial charge in [0.25, 0.3) is 5.91 Å². The topological polar surface area (TPSA) is 83.8 Å². The minimum atomic E-state index is -3.63. The van der Waals surface area contributed by atoms with Crippen molar-refractivity contribution in [2.75, 3.05) is 17.1 Å². The highest BCUT2D eigenvalue weighted by Gasteiger charge is 2.20. The maximum Gasteiger partial charge on any atom is 0.260 e. The number of benzene rings is 2. The molecule has 0 saturated heterocycles. The third-order valence-corrected chi connectivity index (χ3v) is 6.48. The van der Waals surface area contributed by atoms with E-state index in [1.165, 1.54) is 11.1 Å². The van der Waals surface area contributed by atoms with E-state index in [0.29, 0.717) is 5.69 Å². The molecule has 0 fully saturated rings. The molecule has 3 rings (SSSR count). The number of anilines is 1. The van der Waals surface area contributed by atoms with Crippen molar-refractivity contribution < 1.29 is 13.2 Å². The van der Waals surface area contributed by atoms with Gasteiger partial charge in [0, 0.05) is 22.6 Å². The smallest absolute Gasteiger partial charge is 0.260 e. The first-order chi connectivity index (χ1) is 15.5. The molecule has 2 aromatic carbocycles. The lowest BCUT2D eigenvalue weighted by Crippen LogP contribution is -2.39. The van der Waals surface area contributed by atoms with Crippen LogP contribution in [-0.2, 0) is 14.8 Å². The van der Waals surface area contributed by atoms with Crippen molar-refractivity contribution in [1.29, 1.82) is 0 Å². The molecule has 0 bridgehead atoms. The van der Waals surface area contributed by atoms with E-state index < -0.39 is 15.9 Å². The number of rotatable bonds is 7. The third kappa shape index (κ3) is 5.90. The number of nitrogens with one attached hydrogen (secondary N) is 1. The molecule has 1 heterocycles. The van der Waals surface area contributed by atoms with Crippen LogP contribution in [-0.4, -0.2) is 37.9 Å². The Morgan fingerprint density at radius 2 is 1.58 bits per heavy atom. The Bertz CT molecular complexity index is 1290. The summed E-state index contributed by atoms with van der Waals surface area (Å²) in [6, 6.07) is 15.3. The van der Waals surface area contributed by atoms with E-state index in [9.17, 15) is 13.2 Å². The van der Waals surface area contributed by atoms with Crippen molar-refractivity contribution >= 4 is 27.8 Å². The van der Waals surface area contributed by atoms with Gasteiger partial charge in [-0.15, -0.1) is 0 Å². The van der Waals surface area contributed by atoms with Crippen molar-refractivity contribution in [1.82, 2.24) is 9.99 Å². The van der Waals surface area contributed by atoms with Crippen molar-refractivity contribution in [3.8, 4) is 5.69 Å². The molecular formula is C25H30N4O3S. The van der Waals surface area contributed by atoms with Gasteiger partial charge in [-0.05, 0) is 76.1 Å². The Kier molecular flexibility index (Phi) is 7.07. The van der Waals surface area contributed by atoms with E-state index in [4.69, 9.17) is 0 Å². The Labute approximate surface area is 195 Å². The molecule has 0 atom stereocenters. The lowest BCUT2D eigenvalue weighted by molar-refractivity contribution is -0.119. The zero-order valence-corrected chi connectivity index (χ0v) is 20.7. The second kappa shape index (κ2) is 9.62. The van der Waals surface area contributed by atoms with Crippen molar-refractivity contribution in [3.05, 3.63) is 82.2 Å². The zero-order chi connectivity index (χ0) is 24.3. The van der Waals surface area contributed by atoms with E-state index in [2.05, 4.69) is 47.1 Å². The van der Waals surface area contributed by atoms with Crippen molar-refractivity contribution in [2.45, 2.75) is 34.6 Å². The summed E-state index contributed by atoms with van der Waals surface area (Å²) in [5.41, 5.74) is 10.2. The molecule has 1 aromatic heterocycles. The normalized spacial score (nSPS) is 11.7. The van der Waals surface area contributed by atoms with Crippen LogP contribution in [0.3, 0.4) is 0 Å². The van der Waals surface area contributed by atoms with Gasteiger partial charge in [-0.3, -0.25) is 9.10 Å². The molecule has 1 amide bonds. The fourth-order valence-corrected chi connectivity index (χ4v) is 4.70. The molecule has 0 saturated carbocycles. The van der Waals surface area contributed by atoms with Crippen molar-refractivity contribution in [2.24, 2.45) is 5.10 Å². The largest absolute Gasteiger partial charge is 0.318 e. The molecule has 0 aliphatic carbocycles. The van der Waals surface area contributed by atoms with Crippen LogP contribution < -0.4 is 9.73 Å². The summed E-state index contributed by atoms with van der Waals surface area (Å²) in [6.07, 6.45) is 2.65. The van der Waals surface area contributed by atoms with Gasteiger partial charge in [0.05, 0.1) is 18.2 Å². The number of hydrogen-bond donors (Lipinski definition) is 1. The van der Waals surface area contributed by atoms with Gasteiger partial charge in [-0.25, -0.2) is 13.8 Å². The summed E-state index contributed by atoms with van der Waals surface area (Å²) in [6.45, 7) is 9.70. The van der Waals surface area contributed by atoms with Crippen LogP contribution in [0, 0.1) is 34.6 Å². The fraction of sp³-hybridized carbons (Fsp3) is 0.280. The summed E-state index contributed by atoms with van der Waals surface area (Å²) < 4.78 is 27.6. The van der Waals surface area contributed by atoms with E-state index in [0.717, 1.165) is 38.8 Å². The summed E-state index contributed by atoms with van der Waals surface area (Å²) in [5.74, 6) is -0.527. The molecule has 8 heteroatoms. The number of hydrazone groups is 1. The Hall–Kier alpha value is -3.39. The Balaban J connectivity index is 1.75. The van der Waals surface area contributed by atoms with Gasteiger partial charge in [0.2, 0.25) is 10.0 Å². The molecule has 0 aliphatic heterocycles. The predicted molar refractivity (Wildman–Crippen MR) is 134 cm³/mol. The maximum atomic E-state index is 12.4. The standard InChI is InChI=1S/C25H30N4O3S/c1-17-7-9-23(10-8-17)28(33(6,31)32)16-25(30)27-26-15-22-14-20(4)29(21(22)5)24-12-18(2)11-19(3)13-24/h7-15H,16H2,1-6H3,(H,27,30)/b26-15-. The number of nitrogens with zero attached hydrogens (tertiary/aromatic N) is 3. The summed E-state index contributed by atoms with van der Waals surface area (Å²) >= 11 is 0. The van der Waals surface area contributed by atoms with Crippen LogP contribution in [0.5, 0.6) is 0 Å². The molecule has 0 aliphatic rings. The molecule has 0 radical (unpaired) electrons. The van der Waals surface area contributed by atoms with Gasteiger partial charge in [-0.2, -0.15) is 5.10 Å². The van der Waals surface area contributed by atoms with Crippen molar-refractivity contribution in [3.63, 3.8) is 0 Å². The van der Waals surface area contributed by atoms with Gasteiger partial charge < -0.3 is 4.57 Å². The number of aromatic nitrogens is 1. The molecule has 33 heavy (non-hydrogen) atoms. The number of carbonyl (C=O) groups excluding carboxylic acids is 1. The molecule has 174 valence electrons. The maximum absolute atomic E-state index is 12.4. The van der Waals surface area contributed by atoms with Crippen LogP contribution in [0.15, 0.2) is 53.6 Å². The first-order valence-electron chi connectivity index (χ1n) is 10.6.